The average molecular weight is 470 g/mol. The molecule has 166 valence electrons. The van der Waals surface area contributed by atoms with Crippen LogP contribution < -0.4 is 10.2 Å². The number of rotatable bonds is 5. The molecule has 1 fully saturated rings. The number of piperidine rings is 1. The first-order valence-corrected chi connectivity index (χ1v) is 11.9. The van der Waals surface area contributed by atoms with E-state index in [9.17, 15) is 14.4 Å². The second kappa shape index (κ2) is 9.22. The summed E-state index contributed by atoms with van der Waals surface area (Å²) in [5, 5.41) is 5.16. The van der Waals surface area contributed by atoms with Crippen LogP contribution in [0.5, 0.6) is 0 Å². The fraction of sp³-hybridized carbons (Fsp3) is 0.304. The Kier molecular flexibility index (Phi) is 6.38. The minimum atomic E-state index is -0.481. The number of aromatic nitrogens is 1. The van der Waals surface area contributed by atoms with E-state index in [1.165, 1.54) is 18.4 Å². The number of ether oxygens (including phenoxy) is 1. The molecule has 1 aromatic carbocycles. The van der Waals surface area contributed by atoms with Gasteiger partial charge in [-0.15, -0.1) is 11.3 Å². The van der Waals surface area contributed by atoms with Crippen molar-refractivity contribution >= 4 is 51.3 Å². The fourth-order valence-electron chi connectivity index (χ4n) is 3.89. The summed E-state index contributed by atoms with van der Waals surface area (Å²) in [7, 11) is 1.31. The number of methoxy groups -OCH3 is 1. The first-order valence-electron chi connectivity index (χ1n) is 10.2. The number of benzene rings is 1. The molecule has 2 amide bonds. The molecule has 1 aliphatic heterocycles. The van der Waals surface area contributed by atoms with Crippen molar-refractivity contribution in [3.8, 4) is 0 Å². The summed E-state index contributed by atoms with van der Waals surface area (Å²) in [6.07, 6.45) is 0.710. The van der Waals surface area contributed by atoms with Gasteiger partial charge in [0.2, 0.25) is 11.8 Å². The van der Waals surface area contributed by atoms with E-state index in [-0.39, 0.29) is 18.2 Å². The van der Waals surface area contributed by atoms with E-state index in [2.05, 4.69) is 10.3 Å². The smallest absolute Gasteiger partial charge is 0.350 e. The predicted molar refractivity (Wildman–Crippen MR) is 125 cm³/mol. The van der Waals surface area contributed by atoms with Crippen molar-refractivity contribution in [1.29, 1.82) is 0 Å². The van der Waals surface area contributed by atoms with Gasteiger partial charge in [0.25, 0.3) is 0 Å². The number of anilines is 2. The first kappa shape index (κ1) is 22.2. The van der Waals surface area contributed by atoms with E-state index in [0.717, 1.165) is 27.5 Å². The van der Waals surface area contributed by atoms with Crippen molar-refractivity contribution in [2.45, 2.75) is 32.7 Å². The van der Waals surface area contributed by atoms with Crippen LogP contribution in [0.2, 0.25) is 0 Å². The highest BCUT2D eigenvalue weighted by Gasteiger charge is 2.42. The van der Waals surface area contributed by atoms with Gasteiger partial charge in [-0.2, -0.15) is 0 Å². The Hall–Kier alpha value is -3.04. The maximum absolute atomic E-state index is 13.4. The minimum Gasteiger partial charge on any atom is -0.465 e. The molecule has 1 N–H and O–H groups in total. The lowest BCUT2D eigenvalue weighted by Crippen LogP contribution is -2.46. The number of nitrogens with one attached hydrogen (secondary N) is 1. The number of hydrogen-bond donors (Lipinski definition) is 1. The summed E-state index contributed by atoms with van der Waals surface area (Å²) >= 11 is 2.61. The van der Waals surface area contributed by atoms with Crippen molar-refractivity contribution in [1.82, 2.24) is 4.98 Å². The maximum Gasteiger partial charge on any atom is 0.350 e. The van der Waals surface area contributed by atoms with E-state index in [1.54, 1.807) is 11.8 Å². The quantitative estimate of drug-likeness (QED) is 0.546. The molecule has 3 heterocycles. The molecule has 0 radical (unpaired) electrons. The highest BCUT2D eigenvalue weighted by molar-refractivity contribution is 7.17. The molecule has 32 heavy (non-hydrogen) atoms. The third kappa shape index (κ3) is 4.31. The fourth-order valence-corrected chi connectivity index (χ4v) is 5.66. The summed E-state index contributed by atoms with van der Waals surface area (Å²) in [4.78, 5) is 45.6. The van der Waals surface area contributed by atoms with E-state index < -0.39 is 17.9 Å². The average Bonchev–Trinajstić information content (AvgIpc) is 3.43. The van der Waals surface area contributed by atoms with Gasteiger partial charge in [-0.3, -0.25) is 9.59 Å². The van der Waals surface area contributed by atoms with Gasteiger partial charge in [0.15, 0.2) is 5.13 Å². The minimum absolute atomic E-state index is 0.00521. The zero-order valence-electron chi connectivity index (χ0n) is 18.0. The second-order valence-electron chi connectivity index (χ2n) is 7.62. The molecule has 2 unspecified atom stereocenters. The Bertz CT molecular complexity index is 1140. The third-order valence-electron chi connectivity index (χ3n) is 5.48. The van der Waals surface area contributed by atoms with Crippen LogP contribution in [-0.2, 0) is 14.3 Å². The lowest BCUT2D eigenvalue weighted by Gasteiger charge is -2.40. The van der Waals surface area contributed by atoms with Crippen molar-refractivity contribution < 1.29 is 19.1 Å². The summed E-state index contributed by atoms with van der Waals surface area (Å²) in [5.74, 6) is -1.17. The maximum atomic E-state index is 13.4. The highest BCUT2D eigenvalue weighted by Crippen LogP contribution is 2.42. The van der Waals surface area contributed by atoms with Gasteiger partial charge < -0.3 is 15.0 Å². The van der Waals surface area contributed by atoms with Crippen molar-refractivity contribution in [2.75, 3.05) is 17.3 Å². The number of hydrogen-bond acceptors (Lipinski definition) is 7. The van der Waals surface area contributed by atoms with Gasteiger partial charge in [-0.1, -0.05) is 35.1 Å². The number of esters is 1. The number of thiophene rings is 1. The Balaban J connectivity index is 1.66. The molecule has 7 nitrogen and oxygen atoms in total. The van der Waals surface area contributed by atoms with Gasteiger partial charge in [0.1, 0.15) is 4.88 Å². The molecular weight excluding hydrogens is 446 g/mol. The van der Waals surface area contributed by atoms with E-state index in [0.29, 0.717) is 22.1 Å². The van der Waals surface area contributed by atoms with Crippen LogP contribution in [0.3, 0.4) is 0 Å². The highest BCUT2D eigenvalue weighted by atomic mass is 32.1. The van der Waals surface area contributed by atoms with Crippen LogP contribution in [-0.4, -0.2) is 29.9 Å². The summed E-state index contributed by atoms with van der Waals surface area (Å²) in [5.41, 5.74) is 2.38. The predicted octanol–water partition coefficient (Wildman–Crippen LogP) is 4.73. The molecule has 1 aliphatic rings. The Labute approximate surface area is 194 Å². The van der Waals surface area contributed by atoms with Crippen molar-refractivity contribution in [3.05, 3.63) is 62.8 Å². The number of aryl methyl sites for hydroxylation is 2. The SMILES string of the molecule is COC(=O)c1sc(NC(=O)C2CCC(=O)N(c3ccc(C)cc3)C2c2cccs2)nc1C. The van der Waals surface area contributed by atoms with Gasteiger partial charge in [-0.05, 0) is 43.8 Å². The third-order valence-corrected chi connectivity index (χ3v) is 7.47. The topological polar surface area (TPSA) is 88.6 Å². The van der Waals surface area contributed by atoms with E-state index >= 15 is 0 Å². The molecule has 0 aliphatic carbocycles. The van der Waals surface area contributed by atoms with Gasteiger partial charge in [0.05, 0.1) is 24.8 Å². The van der Waals surface area contributed by atoms with E-state index in [4.69, 9.17) is 4.74 Å². The molecular formula is C23H23N3O4S2. The number of nitrogens with zero attached hydrogens (tertiary/aromatic N) is 2. The molecule has 0 saturated carbocycles. The van der Waals surface area contributed by atoms with Crippen LogP contribution in [0.15, 0.2) is 41.8 Å². The lowest BCUT2D eigenvalue weighted by atomic mass is 9.86. The molecule has 9 heteroatoms. The number of thiazole rings is 1. The Morgan fingerprint density at radius 2 is 1.94 bits per heavy atom. The molecule has 4 rings (SSSR count). The molecule has 2 aromatic heterocycles. The largest absolute Gasteiger partial charge is 0.465 e. The van der Waals surface area contributed by atoms with Crippen molar-refractivity contribution in [2.24, 2.45) is 5.92 Å². The van der Waals surface area contributed by atoms with Gasteiger partial charge in [-0.25, -0.2) is 9.78 Å². The molecule has 3 aromatic rings. The zero-order chi connectivity index (χ0) is 22.8. The Morgan fingerprint density at radius 3 is 2.59 bits per heavy atom. The standard InChI is InChI=1S/C23H23N3O4S2/c1-13-6-8-15(9-7-13)26-18(27)11-10-16(19(26)17-5-4-12-31-17)21(28)25-23-24-14(2)20(32-23)22(29)30-3/h4-9,12,16,19H,10-11H2,1-3H3,(H,24,25,28). The monoisotopic (exact) mass is 469 g/mol. The summed E-state index contributed by atoms with van der Waals surface area (Å²) < 4.78 is 4.78. The van der Waals surface area contributed by atoms with Crippen LogP contribution in [0.1, 0.15) is 44.7 Å². The van der Waals surface area contributed by atoms with Crippen molar-refractivity contribution in [3.63, 3.8) is 0 Å². The van der Waals surface area contributed by atoms with Crippen LogP contribution in [0, 0.1) is 19.8 Å². The molecule has 0 spiro atoms. The summed E-state index contributed by atoms with van der Waals surface area (Å²) in [6.45, 7) is 3.69. The molecule has 1 saturated heterocycles. The van der Waals surface area contributed by atoms with Crippen LogP contribution >= 0.6 is 22.7 Å². The number of carbonyl (C=O) groups is 3. The van der Waals surface area contributed by atoms with Gasteiger partial charge in [0, 0.05) is 17.0 Å². The van der Waals surface area contributed by atoms with Crippen LogP contribution in [0.25, 0.3) is 0 Å². The first-order chi connectivity index (χ1) is 15.4. The summed E-state index contributed by atoms with van der Waals surface area (Å²) in [6, 6.07) is 11.2. The van der Waals surface area contributed by atoms with Crippen LogP contribution in [0.4, 0.5) is 10.8 Å². The lowest BCUT2D eigenvalue weighted by molar-refractivity contribution is -0.125. The van der Waals surface area contributed by atoms with E-state index in [1.807, 2.05) is 48.7 Å². The zero-order valence-corrected chi connectivity index (χ0v) is 19.6. The normalized spacial score (nSPS) is 18.5. The van der Waals surface area contributed by atoms with Gasteiger partial charge >= 0.3 is 5.97 Å². The number of amides is 2. The number of carbonyl (C=O) groups excluding carboxylic acids is 3. The molecule has 0 bridgehead atoms. The second-order valence-corrected chi connectivity index (χ2v) is 9.60. The Morgan fingerprint density at radius 1 is 1.19 bits per heavy atom. The molecule has 2 atom stereocenters.